The van der Waals surface area contributed by atoms with Gasteiger partial charge in [0.05, 0.1) is 16.1 Å². The molecular weight excluding hydrogens is 304 g/mol. The predicted octanol–water partition coefficient (Wildman–Crippen LogP) is 4.13. The summed E-state index contributed by atoms with van der Waals surface area (Å²) in [6, 6.07) is 14.8. The van der Waals surface area contributed by atoms with Crippen molar-refractivity contribution in [3.8, 4) is 17.6 Å². The second kappa shape index (κ2) is 5.87. The molecule has 2 aromatic rings. The highest BCUT2D eigenvalue weighted by Gasteiger charge is 2.06. The van der Waals surface area contributed by atoms with Crippen molar-refractivity contribution < 1.29 is 4.74 Å². The molecule has 19 heavy (non-hydrogen) atoms. The van der Waals surface area contributed by atoms with Crippen LogP contribution in [0.2, 0.25) is 0 Å². The zero-order chi connectivity index (χ0) is 13.8. The molecule has 0 amide bonds. The fraction of sp³-hybridized carbons (Fsp3) is 0.133. The van der Waals surface area contributed by atoms with Crippen molar-refractivity contribution in [3.05, 3.63) is 58.1 Å². The molecular formula is C15H13BrN2O. The normalized spacial score (nSPS) is 11.7. The molecule has 0 saturated heterocycles. The van der Waals surface area contributed by atoms with Gasteiger partial charge >= 0.3 is 0 Å². The topological polar surface area (TPSA) is 59.0 Å². The molecule has 1 unspecified atom stereocenters. The van der Waals surface area contributed by atoms with E-state index in [1.54, 1.807) is 24.3 Å². The molecule has 0 radical (unpaired) electrons. The van der Waals surface area contributed by atoms with Crippen molar-refractivity contribution in [2.45, 2.75) is 13.0 Å². The van der Waals surface area contributed by atoms with E-state index < -0.39 is 0 Å². The van der Waals surface area contributed by atoms with Crippen molar-refractivity contribution in [2.24, 2.45) is 5.73 Å². The Hall–Kier alpha value is -1.83. The van der Waals surface area contributed by atoms with Crippen LogP contribution in [-0.4, -0.2) is 0 Å². The lowest BCUT2D eigenvalue weighted by Gasteiger charge is -2.11. The Bertz CT molecular complexity index is 615. The molecule has 3 nitrogen and oxygen atoms in total. The van der Waals surface area contributed by atoms with Crippen LogP contribution in [-0.2, 0) is 0 Å². The lowest BCUT2D eigenvalue weighted by molar-refractivity contribution is 0.479. The molecule has 0 fully saturated rings. The van der Waals surface area contributed by atoms with Gasteiger partial charge in [-0.3, -0.25) is 0 Å². The second-order valence-electron chi connectivity index (χ2n) is 4.22. The number of ether oxygens (including phenoxy) is 1. The summed E-state index contributed by atoms with van der Waals surface area (Å²) in [6.45, 7) is 1.93. The van der Waals surface area contributed by atoms with Crippen LogP contribution < -0.4 is 10.5 Å². The molecule has 0 saturated carbocycles. The average Bonchev–Trinajstić information content (AvgIpc) is 2.41. The first-order valence-corrected chi connectivity index (χ1v) is 6.62. The summed E-state index contributed by atoms with van der Waals surface area (Å²) >= 11 is 3.47. The quantitative estimate of drug-likeness (QED) is 0.926. The first-order valence-electron chi connectivity index (χ1n) is 5.83. The molecule has 1 atom stereocenters. The zero-order valence-electron chi connectivity index (χ0n) is 10.4. The predicted molar refractivity (Wildman–Crippen MR) is 78.0 cm³/mol. The molecule has 0 heterocycles. The van der Waals surface area contributed by atoms with Crippen LogP contribution >= 0.6 is 15.9 Å². The van der Waals surface area contributed by atoms with Gasteiger partial charge in [0.1, 0.15) is 11.5 Å². The van der Waals surface area contributed by atoms with E-state index in [2.05, 4.69) is 22.0 Å². The molecule has 4 heteroatoms. The van der Waals surface area contributed by atoms with Crippen LogP contribution in [0.1, 0.15) is 24.1 Å². The minimum atomic E-state index is -0.0136. The highest BCUT2D eigenvalue weighted by atomic mass is 79.9. The van der Waals surface area contributed by atoms with E-state index in [9.17, 15) is 0 Å². The van der Waals surface area contributed by atoms with E-state index in [0.717, 1.165) is 10.0 Å². The van der Waals surface area contributed by atoms with Crippen molar-refractivity contribution in [3.63, 3.8) is 0 Å². The maximum absolute atomic E-state index is 8.73. The van der Waals surface area contributed by atoms with E-state index in [1.807, 2.05) is 25.1 Å². The van der Waals surface area contributed by atoms with Gasteiger partial charge in [-0.05, 0) is 64.8 Å². The Morgan fingerprint density at radius 2 is 1.89 bits per heavy atom. The summed E-state index contributed by atoms with van der Waals surface area (Å²) < 4.78 is 6.60. The second-order valence-corrected chi connectivity index (χ2v) is 5.07. The molecule has 2 N–H and O–H groups in total. The van der Waals surface area contributed by atoms with Gasteiger partial charge in [-0.1, -0.05) is 6.07 Å². The van der Waals surface area contributed by atoms with E-state index >= 15 is 0 Å². The Morgan fingerprint density at radius 3 is 2.42 bits per heavy atom. The molecule has 0 bridgehead atoms. The summed E-state index contributed by atoms with van der Waals surface area (Å²) in [4.78, 5) is 0. The minimum absolute atomic E-state index is 0.0136. The first kappa shape index (κ1) is 13.6. The number of hydrogen-bond donors (Lipinski definition) is 1. The summed E-state index contributed by atoms with van der Waals surface area (Å²) in [7, 11) is 0. The number of nitrogens with two attached hydrogens (primary N) is 1. The van der Waals surface area contributed by atoms with Crippen LogP contribution in [0.5, 0.6) is 11.5 Å². The number of nitriles is 1. The van der Waals surface area contributed by atoms with Crippen molar-refractivity contribution in [1.29, 1.82) is 5.26 Å². The van der Waals surface area contributed by atoms with Crippen molar-refractivity contribution >= 4 is 15.9 Å². The zero-order valence-corrected chi connectivity index (χ0v) is 12.0. The molecule has 96 valence electrons. The summed E-state index contributed by atoms with van der Waals surface area (Å²) in [6.07, 6.45) is 0. The maximum Gasteiger partial charge on any atom is 0.141 e. The molecule has 2 aromatic carbocycles. The summed E-state index contributed by atoms with van der Waals surface area (Å²) in [5, 5.41) is 8.73. The van der Waals surface area contributed by atoms with E-state index in [-0.39, 0.29) is 6.04 Å². The van der Waals surface area contributed by atoms with Gasteiger partial charge in [0, 0.05) is 6.04 Å². The van der Waals surface area contributed by atoms with Crippen LogP contribution in [0.25, 0.3) is 0 Å². The monoisotopic (exact) mass is 316 g/mol. The van der Waals surface area contributed by atoms with Gasteiger partial charge in [0.25, 0.3) is 0 Å². The molecule has 0 aliphatic rings. The fourth-order valence-electron chi connectivity index (χ4n) is 1.61. The van der Waals surface area contributed by atoms with Gasteiger partial charge in [-0.25, -0.2) is 0 Å². The molecule has 2 rings (SSSR count). The highest BCUT2D eigenvalue weighted by molar-refractivity contribution is 9.10. The number of halogens is 1. The van der Waals surface area contributed by atoms with Gasteiger partial charge in [-0.15, -0.1) is 0 Å². The fourth-order valence-corrected chi connectivity index (χ4v) is 2.09. The van der Waals surface area contributed by atoms with Gasteiger partial charge in [0.2, 0.25) is 0 Å². The third-order valence-corrected chi connectivity index (χ3v) is 3.31. The third-order valence-electron chi connectivity index (χ3n) is 2.69. The third kappa shape index (κ3) is 3.34. The van der Waals surface area contributed by atoms with Crippen LogP contribution in [0, 0.1) is 11.3 Å². The smallest absolute Gasteiger partial charge is 0.141 e. The van der Waals surface area contributed by atoms with E-state index in [1.165, 1.54) is 0 Å². The Balaban J connectivity index is 2.21. The van der Waals surface area contributed by atoms with Crippen molar-refractivity contribution in [1.82, 2.24) is 0 Å². The number of hydrogen-bond acceptors (Lipinski definition) is 3. The Kier molecular flexibility index (Phi) is 4.20. The number of nitrogens with zero attached hydrogens (tertiary/aromatic N) is 1. The summed E-state index contributed by atoms with van der Waals surface area (Å²) in [5.74, 6) is 1.40. The minimum Gasteiger partial charge on any atom is -0.456 e. The van der Waals surface area contributed by atoms with Gasteiger partial charge < -0.3 is 10.5 Å². The average molecular weight is 317 g/mol. The van der Waals surface area contributed by atoms with E-state index in [0.29, 0.717) is 17.1 Å². The van der Waals surface area contributed by atoms with E-state index in [4.69, 9.17) is 15.7 Å². The number of rotatable bonds is 3. The summed E-state index contributed by atoms with van der Waals surface area (Å²) in [5.41, 5.74) is 7.48. The van der Waals surface area contributed by atoms with Crippen molar-refractivity contribution in [2.75, 3.05) is 0 Å². The van der Waals surface area contributed by atoms with Crippen LogP contribution in [0.3, 0.4) is 0 Å². The van der Waals surface area contributed by atoms with Crippen LogP contribution in [0.4, 0.5) is 0 Å². The molecule has 0 spiro atoms. The lowest BCUT2D eigenvalue weighted by Crippen LogP contribution is -2.04. The number of benzene rings is 2. The van der Waals surface area contributed by atoms with Crippen LogP contribution in [0.15, 0.2) is 46.9 Å². The highest BCUT2D eigenvalue weighted by Crippen LogP contribution is 2.31. The molecule has 0 aromatic heterocycles. The molecule has 0 aliphatic carbocycles. The van der Waals surface area contributed by atoms with Gasteiger partial charge in [0.15, 0.2) is 0 Å². The van der Waals surface area contributed by atoms with Gasteiger partial charge in [-0.2, -0.15) is 5.26 Å². The molecule has 0 aliphatic heterocycles. The standard InChI is InChI=1S/C15H13BrN2O/c1-10(18)12-4-7-15(14(16)8-12)19-13-5-2-11(9-17)3-6-13/h2-8,10H,18H2,1H3. The first-order chi connectivity index (χ1) is 9.10. The maximum atomic E-state index is 8.73. The Labute approximate surface area is 120 Å². The lowest BCUT2D eigenvalue weighted by atomic mass is 10.1. The SMILES string of the molecule is CC(N)c1ccc(Oc2ccc(C#N)cc2)c(Br)c1. The largest absolute Gasteiger partial charge is 0.456 e. The Morgan fingerprint density at radius 1 is 1.21 bits per heavy atom.